The molecule has 0 aliphatic carbocycles. The number of sulfone groups is 1. The first kappa shape index (κ1) is 17.7. The Balaban J connectivity index is 1.78. The summed E-state index contributed by atoms with van der Waals surface area (Å²) >= 11 is 0. The molecule has 11 heteroatoms. The monoisotopic (exact) mass is 356 g/mol. The quantitative estimate of drug-likeness (QED) is 0.500. The second kappa shape index (κ2) is 7.25. The Morgan fingerprint density at radius 2 is 2.08 bits per heavy atom. The summed E-state index contributed by atoms with van der Waals surface area (Å²) in [6.07, 6.45) is 0.355. The van der Waals surface area contributed by atoms with E-state index < -0.39 is 32.7 Å². The van der Waals surface area contributed by atoms with Gasteiger partial charge >= 0.3 is 6.03 Å². The predicted octanol–water partition coefficient (Wildman–Crippen LogP) is 0.0196. The first-order valence-electron chi connectivity index (χ1n) is 7.04. The summed E-state index contributed by atoms with van der Waals surface area (Å²) in [5.41, 5.74) is 0.0389. The number of carbonyl (C=O) groups excluding carboxylic acids is 2. The van der Waals surface area contributed by atoms with Gasteiger partial charge in [-0.05, 0) is 12.5 Å². The number of nitrogens with one attached hydrogen (secondary N) is 3. The fourth-order valence-electron chi connectivity index (χ4n) is 2.22. The number of benzene rings is 1. The SMILES string of the molecule is O=C(CNC(=O)Nc1cccc([N+](=O)[O-])c1)N[C@H]1CCS(=O)(=O)C1. The minimum Gasteiger partial charge on any atom is -0.351 e. The van der Waals surface area contributed by atoms with Crippen molar-refractivity contribution in [2.24, 2.45) is 0 Å². The molecule has 1 aromatic carbocycles. The van der Waals surface area contributed by atoms with Gasteiger partial charge < -0.3 is 16.0 Å². The number of urea groups is 1. The van der Waals surface area contributed by atoms with Crippen molar-refractivity contribution in [1.29, 1.82) is 0 Å². The fraction of sp³-hybridized carbons (Fsp3) is 0.385. The molecule has 1 atom stereocenters. The minimum atomic E-state index is -3.09. The number of hydrogen-bond donors (Lipinski definition) is 3. The Morgan fingerprint density at radius 3 is 2.71 bits per heavy atom. The molecule has 0 saturated carbocycles. The third-order valence-corrected chi connectivity index (χ3v) is 5.09. The van der Waals surface area contributed by atoms with E-state index in [4.69, 9.17) is 0 Å². The fourth-order valence-corrected chi connectivity index (χ4v) is 3.89. The highest BCUT2D eigenvalue weighted by Crippen LogP contribution is 2.16. The molecule has 1 fully saturated rings. The minimum absolute atomic E-state index is 0.0403. The van der Waals surface area contributed by atoms with E-state index in [9.17, 15) is 28.1 Å². The largest absolute Gasteiger partial charge is 0.351 e. The molecule has 0 radical (unpaired) electrons. The van der Waals surface area contributed by atoms with Crippen LogP contribution in [0.25, 0.3) is 0 Å². The molecule has 24 heavy (non-hydrogen) atoms. The number of non-ortho nitro benzene ring substituents is 1. The van der Waals surface area contributed by atoms with E-state index in [-0.39, 0.29) is 29.4 Å². The number of rotatable bonds is 5. The lowest BCUT2D eigenvalue weighted by molar-refractivity contribution is -0.384. The molecule has 1 saturated heterocycles. The molecule has 0 bridgehead atoms. The number of hydrogen-bond acceptors (Lipinski definition) is 6. The maximum Gasteiger partial charge on any atom is 0.319 e. The van der Waals surface area contributed by atoms with Gasteiger partial charge in [0.1, 0.15) is 0 Å². The van der Waals surface area contributed by atoms with E-state index in [1.807, 2.05) is 0 Å². The van der Waals surface area contributed by atoms with Crippen LogP contribution in [0.2, 0.25) is 0 Å². The van der Waals surface area contributed by atoms with Gasteiger partial charge in [0.25, 0.3) is 5.69 Å². The normalized spacial score (nSPS) is 18.6. The number of amides is 3. The molecule has 10 nitrogen and oxygen atoms in total. The van der Waals surface area contributed by atoms with Gasteiger partial charge in [0.05, 0.1) is 23.0 Å². The van der Waals surface area contributed by atoms with Gasteiger partial charge in [-0.1, -0.05) is 6.07 Å². The predicted molar refractivity (Wildman–Crippen MR) is 85.3 cm³/mol. The van der Waals surface area contributed by atoms with Crippen molar-refractivity contribution in [2.45, 2.75) is 12.5 Å². The lowest BCUT2D eigenvalue weighted by atomic mass is 10.2. The number of carbonyl (C=O) groups is 2. The Hall–Kier alpha value is -2.69. The van der Waals surface area contributed by atoms with Crippen LogP contribution in [0.1, 0.15) is 6.42 Å². The van der Waals surface area contributed by atoms with E-state index in [0.717, 1.165) is 0 Å². The van der Waals surface area contributed by atoms with Crippen LogP contribution in [-0.4, -0.2) is 49.4 Å². The van der Waals surface area contributed by atoms with E-state index in [1.165, 1.54) is 24.3 Å². The summed E-state index contributed by atoms with van der Waals surface area (Å²) in [4.78, 5) is 33.4. The Morgan fingerprint density at radius 1 is 1.33 bits per heavy atom. The highest BCUT2D eigenvalue weighted by atomic mass is 32.2. The third-order valence-electron chi connectivity index (χ3n) is 3.32. The van der Waals surface area contributed by atoms with Crippen LogP contribution in [0.3, 0.4) is 0 Å². The third kappa shape index (κ3) is 5.19. The van der Waals surface area contributed by atoms with E-state index >= 15 is 0 Å². The van der Waals surface area contributed by atoms with Gasteiger partial charge in [-0.2, -0.15) is 0 Å². The molecule has 0 spiro atoms. The van der Waals surface area contributed by atoms with Crippen LogP contribution >= 0.6 is 0 Å². The van der Waals surface area contributed by atoms with Crippen molar-refractivity contribution in [3.05, 3.63) is 34.4 Å². The molecular weight excluding hydrogens is 340 g/mol. The lowest BCUT2D eigenvalue weighted by Crippen LogP contribution is -2.43. The van der Waals surface area contributed by atoms with Crippen LogP contribution < -0.4 is 16.0 Å². The van der Waals surface area contributed by atoms with E-state index in [1.54, 1.807) is 0 Å². The number of anilines is 1. The van der Waals surface area contributed by atoms with Gasteiger partial charge in [-0.25, -0.2) is 13.2 Å². The molecule has 1 aliphatic rings. The Labute approximate surface area is 137 Å². The lowest BCUT2D eigenvalue weighted by Gasteiger charge is -2.12. The molecule has 2 rings (SSSR count). The summed E-state index contributed by atoms with van der Waals surface area (Å²) in [6, 6.07) is 4.21. The highest BCUT2D eigenvalue weighted by molar-refractivity contribution is 7.91. The van der Waals surface area contributed by atoms with Crippen LogP contribution in [0.5, 0.6) is 0 Å². The van der Waals surface area contributed by atoms with E-state index in [0.29, 0.717) is 6.42 Å². The van der Waals surface area contributed by atoms with Gasteiger partial charge in [0, 0.05) is 23.9 Å². The average Bonchev–Trinajstić information content (AvgIpc) is 2.84. The van der Waals surface area contributed by atoms with Gasteiger partial charge in [0.15, 0.2) is 9.84 Å². The van der Waals surface area contributed by atoms with Crippen molar-refractivity contribution in [2.75, 3.05) is 23.4 Å². The number of nitro groups is 1. The first-order chi connectivity index (χ1) is 11.2. The van der Waals surface area contributed by atoms with Crippen LogP contribution in [0.15, 0.2) is 24.3 Å². The van der Waals surface area contributed by atoms with E-state index in [2.05, 4.69) is 16.0 Å². The van der Waals surface area contributed by atoms with Gasteiger partial charge in [-0.15, -0.1) is 0 Å². The van der Waals surface area contributed by atoms with Crippen molar-refractivity contribution in [1.82, 2.24) is 10.6 Å². The number of nitrogens with zero attached hydrogens (tertiary/aromatic N) is 1. The second-order valence-electron chi connectivity index (χ2n) is 5.28. The summed E-state index contributed by atoms with van der Waals surface area (Å²) in [6.45, 7) is -0.336. The van der Waals surface area contributed by atoms with Gasteiger partial charge in [0.2, 0.25) is 5.91 Å². The second-order valence-corrected chi connectivity index (χ2v) is 7.51. The smallest absolute Gasteiger partial charge is 0.319 e. The Bertz CT molecular complexity index is 763. The maximum absolute atomic E-state index is 11.7. The zero-order valence-corrected chi connectivity index (χ0v) is 13.3. The van der Waals surface area contributed by atoms with Gasteiger partial charge in [-0.3, -0.25) is 14.9 Å². The first-order valence-corrected chi connectivity index (χ1v) is 8.86. The summed E-state index contributed by atoms with van der Waals surface area (Å²) in [7, 11) is -3.09. The summed E-state index contributed by atoms with van der Waals surface area (Å²) in [5.74, 6) is -0.566. The maximum atomic E-state index is 11.7. The summed E-state index contributed by atoms with van der Waals surface area (Å²) in [5, 5.41) is 17.8. The zero-order chi connectivity index (χ0) is 17.7. The summed E-state index contributed by atoms with van der Waals surface area (Å²) < 4.78 is 22.6. The van der Waals surface area contributed by atoms with Crippen LogP contribution in [0.4, 0.5) is 16.2 Å². The molecule has 0 unspecified atom stereocenters. The van der Waals surface area contributed by atoms with Crippen LogP contribution in [0, 0.1) is 10.1 Å². The molecule has 3 N–H and O–H groups in total. The van der Waals surface area contributed by atoms with Crippen LogP contribution in [-0.2, 0) is 14.6 Å². The molecular formula is C13H16N4O6S. The molecule has 3 amide bonds. The van der Waals surface area contributed by atoms with Crippen molar-refractivity contribution >= 4 is 33.2 Å². The molecule has 1 aromatic rings. The molecule has 1 aliphatic heterocycles. The molecule has 1 heterocycles. The molecule has 0 aromatic heterocycles. The Kier molecular flexibility index (Phi) is 5.34. The standard InChI is InChI=1S/C13H16N4O6S/c18-12(15-10-4-5-24(22,23)8-10)7-14-13(19)16-9-2-1-3-11(6-9)17(20)21/h1-3,6,10H,4-5,7-8H2,(H,15,18)(H2,14,16,19)/t10-/m0/s1. The van der Waals surface area contributed by atoms with Crippen molar-refractivity contribution in [3.8, 4) is 0 Å². The average molecular weight is 356 g/mol. The van der Waals surface area contributed by atoms with Crippen molar-refractivity contribution < 1.29 is 22.9 Å². The van der Waals surface area contributed by atoms with Crippen molar-refractivity contribution in [3.63, 3.8) is 0 Å². The highest BCUT2D eigenvalue weighted by Gasteiger charge is 2.28. The molecule has 130 valence electrons. The number of nitro benzene ring substituents is 1. The topological polar surface area (TPSA) is 148 Å². The zero-order valence-electron chi connectivity index (χ0n) is 12.5.